The molecule has 9 aromatic rings. The second-order valence-corrected chi connectivity index (χ2v) is 12.3. The van der Waals surface area contributed by atoms with Gasteiger partial charge in [0, 0.05) is 45.1 Å². The summed E-state index contributed by atoms with van der Waals surface area (Å²) in [4.78, 5) is 9.73. The zero-order chi connectivity index (χ0) is 31.6. The molecule has 48 heavy (non-hydrogen) atoms. The van der Waals surface area contributed by atoms with Gasteiger partial charge in [0.05, 0.1) is 0 Å². The van der Waals surface area contributed by atoms with Crippen LogP contribution in [0.2, 0.25) is 0 Å². The summed E-state index contributed by atoms with van der Waals surface area (Å²) in [5, 5.41) is 14.2. The van der Waals surface area contributed by atoms with E-state index in [2.05, 4.69) is 113 Å². The van der Waals surface area contributed by atoms with Crippen LogP contribution in [-0.4, -0.2) is 10.8 Å². The van der Waals surface area contributed by atoms with Gasteiger partial charge in [-0.15, -0.1) is 0 Å². The zero-order valence-electron chi connectivity index (χ0n) is 25.7. The maximum absolute atomic E-state index is 6.28. The van der Waals surface area contributed by atoms with Gasteiger partial charge in [-0.05, 0) is 57.8 Å². The van der Waals surface area contributed by atoms with Crippen molar-refractivity contribution < 1.29 is 8.83 Å². The second kappa shape index (κ2) is 10.7. The van der Waals surface area contributed by atoms with Gasteiger partial charge in [-0.3, -0.25) is 10.3 Å². The number of aliphatic imine (C=N–C) groups is 1. The Balaban J connectivity index is 1.11. The van der Waals surface area contributed by atoms with Crippen LogP contribution in [0.15, 0.2) is 160 Å². The first-order chi connectivity index (χ1) is 23.8. The Morgan fingerprint density at radius 2 is 1.29 bits per heavy atom. The Bertz CT molecular complexity index is 2700. The molecule has 4 heterocycles. The molecule has 0 saturated heterocycles. The number of benzene rings is 6. The number of amidine groups is 1. The first kappa shape index (κ1) is 26.9. The molecule has 6 heteroatoms. The van der Waals surface area contributed by atoms with E-state index in [0.29, 0.717) is 0 Å². The molecule has 2 N–H and O–H groups in total. The van der Waals surface area contributed by atoms with Crippen LogP contribution in [0.5, 0.6) is 0 Å². The maximum atomic E-state index is 6.28. The van der Waals surface area contributed by atoms with E-state index in [1.54, 1.807) is 6.20 Å². The molecule has 0 aliphatic carbocycles. The molecule has 228 valence electrons. The molecule has 0 amide bonds. The lowest BCUT2D eigenvalue weighted by atomic mass is 9.98. The lowest BCUT2D eigenvalue weighted by Crippen LogP contribution is -2.45. The number of hydrogen-bond donors (Lipinski definition) is 2. The van der Waals surface area contributed by atoms with Gasteiger partial charge in [0.25, 0.3) is 0 Å². The maximum Gasteiger partial charge on any atom is 0.138 e. The largest absolute Gasteiger partial charge is 0.456 e. The third kappa shape index (κ3) is 4.31. The Kier molecular flexibility index (Phi) is 5.98. The number of fused-ring (bicyclic) bond motifs is 7. The van der Waals surface area contributed by atoms with E-state index in [-0.39, 0.29) is 12.3 Å². The fraction of sp³-hybridized carbons (Fsp3) is 0.0476. The van der Waals surface area contributed by atoms with Crippen molar-refractivity contribution in [1.82, 2.24) is 15.6 Å². The highest BCUT2D eigenvalue weighted by Crippen LogP contribution is 2.37. The molecule has 2 atom stereocenters. The lowest BCUT2D eigenvalue weighted by molar-refractivity contribution is 0.411. The molecule has 0 saturated carbocycles. The van der Waals surface area contributed by atoms with Gasteiger partial charge in [0.15, 0.2) is 0 Å². The standard InChI is InChI=1S/C42H28N4O2/c1-2-8-28-23-29(20-17-25(28)7-1)26-15-18-27(19-16-26)40-44-41(31-10-5-13-36-38(31)30-9-3-4-12-34(30)47-36)46-42(45-40)32-11-6-14-37-39(32)33-24-43-22-21-35(33)48-37/h1-24,40-41,44H,(H,45,46). The third-order valence-electron chi connectivity index (χ3n) is 9.47. The molecule has 0 fully saturated rings. The van der Waals surface area contributed by atoms with Gasteiger partial charge >= 0.3 is 0 Å². The quantitative estimate of drug-likeness (QED) is 0.205. The second-order valence-electron chi connectivity index (χ2n) is 12.3. The molecule has 0 radical (unpaired) electrons. The molecule has 3 aromatic heterocycles. The van der Waals surface area contributed by atoms with E-state index in [4.69, 9.17) is 13.8 Å². The molecule has 6 nitrogen and oxygen atoms in total. The van der Waals surface area contributed by atoms with Gasteiger partial charge in [-0.25, -0.2) is 4.99 Å². The summed E-state index contributed by atoms with van der Waals surface area (Å²) in [6.45, 7) is 0. The van der Waals surface area contributed by atoms with Crippen molar-refractivity contribution in [2.24, 2.45) is 4.99 Å². The Morgan fingerprint density at radius 1 is 0.562 bits per heavy atom. The Morgan fingerprint density at radius 3 is 2.19 bits per heavy atom. The van der Waals surface area contributed by atoms with Crippen molar-refractivity contribution in [2.45, 2.75) is 12.3 Å². The summed E-state index contributed by atoms with van der Waals surface area (Å²) in [6.07, 6.45) is 3.04. The minimum Gasteiger partial charge on any atom is -0.456 e. The van der Waals surface area contributed by atoms with Crippen LogP contribution in [0.3, 0.4) is 0 Å². The number of para-hydroxylation sites is 1. The average Bonchev–Trinajstić information content (AvgIpc) is 3.73. The first-order valence-electron chi connectivity index (χ1n) is 16.1. The smallest absolute Gasteiger partial charge is 0.138 e. The number of hydrogen-bond acceptors (Lipinski definition) is 6. The fourth-order valence-electron chi connectivity index (χ4n) is 7.16. The fourth-order valence-corrected chi connectivity index (χ4v) is 7.16. The topological polar surface area (TPSA) is 75.6 Å². The normalized spacial score (nSPS) is 16.5. The summed E-state index contributed by atoms with van der Waals surface area (Å²) >= 11 is 0. The molecule has 10 rings (SSSR count). The molecule has 6 aromatic carbocycles. The Labute approximate surface area is 275 Å². The molecule has 1 aliphatic rings. The summed E-state index contributed by atoms with van der Waals surface area (Å²) in [5.41, 5.74) is 8.80. The van der Waals surface area contributed by atoms with Crippen molar-refractivity contribution in [3.63, 3.8) is 0 Å². The number of furan rings is 2. The van der Waals surface area contributed by atoms with Crippen LogP contribution in [0.25, 0.3) is 65.8 Å². The number of aromatic nitrogens is 1. The third-order valence-corrected chi connectivity index (χ3v) is 9.47. The van der Waals surface area contributed by atoms with E-state index in [0.717, 1.165) is 72.0 Å². The van der Waals surface area contributed by atoms with Crippen LogP contribution >= 0.6 is 0 Å². The summed E-state index contributed by atoms with van der Waals surface area (Å²) in [7, 11) is 0. The molecule has 0 bridgehead atoms. The lowest BCUT2D eigenvalue weighted by Gasteiger charge is -2.32. The highest BCUT2D eigenvalue weighted by Gasteiger charge is 2.29. The number of pyridine rings is 1. The summed E-state index contributed by atoms with van der Waals surface area (Å²) in [5.74, 6) is 0.782. The van der Waals surface area contributed by atoms with Gasteiger partial charge in [-0.2, -0.15) is 0 Å². The summed E-state index contributed by atoms with van der Waals surface area (Å²) < 4.78 is 12.5. The molecular formula is C42H28N4O2. The molecule has 1 aliphatic heterocycles. The van der Waals surface area contributed by atoms with E-state index in [1.165, 1.54) is 16.3 Å². The Hall–Kier alpha value is -6.24. The van der Waals surface area contributed by atoms with Gasteiger partial charge in [0.1, 0.15) is 40.5 Å². The number of nitrogens with one attached hydrogen (secondary N) is 2. The SMILES string of the molecule is c1ccc2cc(-c3ccc(C4N=C(c5cccc6oc7ccncc7c56)NC(c5cccc6oc7ccccc7c56)N4)cc3)ccc2c1. The predicted octanol–water partition coefficient (Wildman–Crippen LogP) is 10.0. The average molecular weight is 621 g/mol. The first-order valence-corrected chi connectivity index (χ1v) is 16.1. The summed E-state index contributed by atoms with van der Waals surface area (Å²) in [6, 6.07) is 46.3. The van der Waals surface area contributed by atoms with Crippen molar-refractivity contribution in [1.29, 1.82) is 0 Å². The number of rotatable bonds is 4. The van der Waals surface area contributed by atoms with Crippen molar-refractivity contribution in [3.8, 4) is 11.1 Å². The van der Waals surface area contributed by atoms with Crippen LogP contribution in [0.4, 0.5) is 0 Å². The molecule has 0 spiro atoms. The van der Waals surface area contributed by atoms with Crippen molar-refractivity contribution in [3.05, 3.63) is 163 Å². The van der Waals surface area contributed by atoms with Gasteiger partial charge in [-0.1, -0.05) is 103 Å². The van der Waals surface area contributed by atoms with E-state index >= 15 is 0 Å². The monoisotopic (exact) mass is 620 g/mol. The predicted molar refractivity (Wildman–Crippen MR) is 193 cm³/mol. The van der Waals surface area contributed by atoms with E-state index in [9.17, 15) is 0 Å². The van der Waals surface area contributed by atoms with Crippen LogP contribution in [0, 0.1) is 0 Å². The van der Waals surface area contributed by atoms with Gasteiger partial charge in [0.2, 0.25) is 0 Å². The van der Waals surface area contributed by atoms with E-state index < -0.39 is 0 Å². The molecule has 2 unspecified atom stereocenters. The van der Waals surface area contributed by atoms with Crippen LogP contribution in [0.1, 0.15) is 29.0 Å². The van der Waals surface area contributed by atoms with Crippen molar-refractivity contribution >= 4 is 60.5 Å². The van der Waals surface area contributed by atoms with Crippen LogP contribution in [-0.2, 0) is 0 Å². The highest BCUT2D eigenvalue weighted by atomic mass is 16.3. The van der Waals surface area contributed by atoms with Gasteiger partial charge < -0.3 is 14.2 Å². The minimum absolute atomic E-state index is 0.265. The highest BCUT2D eigenvalue weighted by molar-refractivity contribution is 6.18. The number of nitrogens with zero attached hydrogens (tertiary/aromatic N) is 2. The van der Waals surface area contributed by atoms with Crippen molar-refractivity contribution in [2.75, 3.05) is 0 Å². The zero-order valence-corrected chi connectivity index (χ0v) is 25.7. The molecular weight excluding hydrogens is 592 g/mol. The van der Waals surface area contributed by atoms with Crippen LogP contribution < -0.4 is 10.6 Å². The minimum atomic E-state index is -0.322. The van der Waals surface area contributed by atoms with E-state index in [1.807, 2.05) is 42.6 Å².